The fourth-order valence-corrected chi connectivity index (χ4v) is 4.70. The Hall–Kier alpha value is -0.410. The van der Waals surface area contributed by atoms with Gasteiger partial charge in [-0.25, -0.2) is 13.1 Å². The summed E-state index contributed by atoms with van der Waals surface area (Å²) in [5.74, 6) is 0.947. The van der Waals surface area contributed by atoms with E-state index in [4.69, 9.17) is 4.42 Å². The lowest BCUT2D eigenvalue weighted by Crippen LogP contribution is -2.39. The lowest BCUT2D eigenvalue weighted by Gasteiger charge is -2.29. The molecule has 6 nitrogen and oxygen atoms in total. The Balaban J connectivity index is 2.01. The molecule has 0 radical (unpaired) electrons. The number of furan rings is 1. The molecule has 8 heteroatoms. The van der Waals surface area contributed by atoms with Crippen LogP contribution in [0, 0.1) is 5.92 Å². The molecule has 1 aliphatic rings. The van der Waals surface area contributed by atoms with E-state index in [-0.39, 0.29) is 9.56 Å². The highest BCUT2D eigenvalue weighted by Crippen LogP contribution is 2.26. The van der Waals surface area contributed by atoms with Crippen LogP contribution in [0.5, 0.6) is 0 Å². The SMILES string of the molecule is CNCc1cc(S(=O)(=O)NCC2CCCN(C)C2)c(Br)o1. The first kappa shape index (κ1) is 17.0. The van der Waals surface area contributed by atoms with Crippen molar-refractivity contribution >= 4 is 26.0 Å². The van der Waals surface area contributed by atoms with Crippen LogP contribution >= 0.6 is 15.9 Å². The van der Waals surface area contributed by atoms with Gasteiger partial charge in [0.05, 0.1) is 6.54 Å². The lowest BCUT2D eigenvalue weighted by molar-refractivity contribution is 0.211. The molecule has 1 aromatic rings. The number of likely N-dealkylation sites (tertiary alicyclic amines) is 1. The number of sulfonamides is 1. The van der Waals surface area contributed by atoms with E-state index in [2.05, 4.69) is 37.9 Å². The third kappa shape index (κ3) is 4.53. The number of nitrogens with one attached hydrogen (secondary N) is 2. The monoisotopic (exact) mass is 379 g/mol. The molecule has 0 aliphatic carbocycles. The molecule has 0 saturated carbocycles. The maximum absolute atomic E-state index is 12.4. The second-order valence-corrected chi connectivity index (χ2v) is 7.96. The molecule has 1 atom stereocenters. The van der Waals surface area contributed by atoms with E-state index >= 15 is 0 Å². The average molecular weight is 380 g/mol. The number of piperidine rings is 1. The van der Waals surface area contributed by atoms with Gasteiger partial charge in [-0.3, -0.25) is 0 Å². The molecule has 1 unspecified atom stereocenters. The molecule has 2 rings (SSSR count). The van der Waals surface area contributed by atoms with Crippen LogP contribution in [0.3, 0.4) is 0 Å². The van der Waals surface area contributed by atoms with Gasteiger partial charge >= 0.3 is 0 Å². The summed E-state index contributed by atoms with van der Waals surface area (Å²) in [6.07, 6.45) is 2.18. The van der Waals surface area contributed by atoms with Crippen LogP contribution in [0.2, 0.25) is 0 Å². The first-order valence-corrected chi connectivity index (χ1v) is 9.31. The van der Waals surface area contributed by atoms with Gasteiger partial charge in [0.15, 0.2) is 4.67 Å². The van der Waals surface area contributed by atoms with Crippen molar-refractivity contribution in [1.82, 2.24) is 14.9 Å². The van der Waals surface area contributed by atoms with Crippen molar-refractivity contribution in [3.8, 4) is 0 Å². The molecular weight excluding hydrogens is 358 g/mol. The van der Waals surface area contributed by atoms with Crippen molar-refractivity contribution in [2.45, 2.75) is 24.3 Å². The summed E-state index contributed by atoms with van der Waals surface area (Å²) in [6.45, 7) is 2.97. The largest absolute Gasteiger partial charge is 0.452 e. The van der Waals surface area contributed by atoms with E-state index in [0.717, 1.165) is 25.9 Å². The second kappa shape index (κ2) is 7.23. The zero-order valence-electron chi connectivity index (χ0n) is 12.4. The minimum Gasteiger partial charge on any atom is -0.452 e. The number of halogens is 1. The number of nitrogens with zero attached hydrogens (tertiary/aromatic N) is 1. The Morgan fingerprint density at radius 2 is 2.29 bits per heavy atom. The van der Waals surface area contributed by atoms with Gasteiger partial charge in [0.2, 0.25) is 10.0 Å². The summed E-state index contributed by atoms with van der Waals surface area (Å²) in [5.41, 5.74) is 0. The molecule has 1 aromatic heterocycles. The van der Waals surface area contributed by atoms with E-state index < -0.39 is 10.0 Å². The van der Waals surface area contributed by atoms with Crippen LogP contribution in [0.25, 0.3) is 0 Å². The van der Waals surface area contributed by atoms with Gasteiger partial charge in [-0.15, -0.1) is 0 Å². The maximum Gasteiger partial charge on any atom is 0.244 e. The number of hydrogen-bond acceptors (Lipinski definition) is 5. The van der Waals surface area contributed by atoms with Crippen LogP contribution in [0.15, 0.2) is 20.0 Å². The predicted octanol–water partition coefficient (Wildman–Crippen LogP) is 1.38. The van der Waals surface area contributed by atoms with E-state index in [9.17, 15) is 8.42 Å². The minimum atomic E-state index is -3.54. The van der Waals surface area contributed by atoms with Crippen molar-refractivity contribution < 1.29 is 12.8 Å². The summed E-state index contributed by atoms with van der Waals surface area (Å²) < 4.78 is 33.0. The van der Waals surface area contributed by atoms with Crippen LogP contribution in [-0.2, 0) is 16.6 Å². The number of rotatable bonds is 6. The van der Waals surface area contributed by atoms with Crippen LogP contribution in [-0.4, -0.2) is 47.0 Å². The third-order valence-electron chi connectivity index (χ3n) is 3.63. The molecule has 0 amide bonds. The first-order chi connectivity index (χ1) is 9.92. The quantitative estimate of drug-likeness (QED) is 0.780. The summed E-state index contributed by atoms with van der Waals surface area (Å²) in [4.78, 5) is 2.40. The van der Waals surface area contributed by atoms with Gasteiger partial charge in [-0.05, 0) is 55.3 Å². The molecular formula is C13H22BrN3O3S. The average Bonchev–Trinajstić information content (AvgIpc) is 2.79. The fraction of sp³-hybridized carbons (Fsp3) is 0.692. The minimum absolute atomic E-state index is 0.164. The smallest absolute Gasteiger partial charge is 0.244 e. The topological polar surface area (TPSA) is 74.6 Å². The van der Waals surface area contributed by atoms with E-state index in [0.29, 0.717) is 24.8 Å². The molecule has 0 spiro atoms. The molecule has 2 heterocycles. The highest BCUT2D eigenvalue weighted by molar-refractivity contribution is 9.10. The molecule has 120 valence electrons. The molecule has 2 N–H and O–H groups in total. The van der Waals surface area contributed by atoms with Crippen LogP contribution in [0.1, 0.15) is 18.6 Å². The second-order valence-electron chi connectivity index (χ2n) is 5.50. The Labute approximate surface area is 134 Å². The molecule has 1 saturated heterocycles. The van der Waals surface area contributed by atoms with Gasteiger partial charge in [-0.2, -0.15) is 0 Å². The summed E-state index contributed by atoms with van der Waals surface area (Å²) in [7, 11) is 0.305. The highest BCUT2D eigenvalue weighted by Gasteiger charge is 2.24. The Kier molecular flexibility index (Phi) is 5.84. The van der Waals surface area contributed by atoms with E-state index in [1.54, 1.807) is 13.1 Å². The van der Waals surface area contributed by atoms with Crippen LogP contribution < -0.4 is 10.0 Å². The fourth-order valence-electron chi connectivity index (χ4n) is 2.59. The van der Waals surface area contributed by atoms with Crippen molar-refractivity contribution in [3.63, 3.8) is 0 Å². The summed E-state index contributed by atoms with van der Waals surface area (Å²) >= 11 is 3.18. The van der Waals surface area contributed by atoms with Gasteiger partial charge in [0.25, 0.3) is 0 Å². The van der Waals surface area contributed by atoms with Crippen molar-refractivity contribution in [3.05, 3.63) is 16.5 Å². The Morgan fingerprint density at radius 3 is 2.95 bits per heavy atom. The molecule has 1 fully saturated rings. The summed E-state index contributed by atoms with van der Waals surface area (Å²) in [5, 5.41) is 2.93. The molecule has 0 aromatic carbocycles. The maximum atomic E-state index is 12.4. The predicted molar refractivity (Wildman–Crippen MR) is 84.6 cm³/mol. The van der Waals surface area contributed by atoms with Gasteiger partial charge in [-0.1, -0.05) is 0 Å². The number of hydrogen-bond donors (Lipinski definition) is 2. The van der Waals surface area contributed by atoms with Crippen molar-refractivity contribution in [2.24, 2.45) is 5.92 Å². The normalized spacial score (nSPS) is 20.8. The molecule has 21 heavy (non-hydrogen) atoms. The van der Waals surface area contributed by atoms with Crippen molar-refractivity contribution in [2.75, 3.05) is 33.7 Å². The summed E-state index contributed by atoms with van der Waals surface area (Å²) in [6, 6.07) is 1.55. The van der Waals surface area contributed by atoms with Crippen LogP contribution in [0.4, 0.5) is 0 Å². The Morgan fingerprint density at radius 1 is 1.52 bits per heavy atom. The van der Waals surface area contributed by atoms with Gasteiger partial charge in [0.1, 0.15) is 10.7 Å². The van der Waals surface area contributed by atoms with E-state index in [1.807, 2.05) is 0 Å². The zero-order valence-corrected chi connectivity index (χ0v) is 14.8. The molecule has 1 aliphatic heterocycles. The van der Waals surface area contributed by atoms with Crippen molar-refractivity contribution in [1.29, 1.82) is 0 Å². The standard InChI is InChI=1S/C13H22BrN3O3S/c1-15-8-11-6-12(13(14)20-11)21(18,19)16-7-10-4-3-5-17(2)9-10/h6,10,15-16H,3-5,7-9H2,1-2H3. The first-order valence-electron chi connectivity index (χ1n) is 7.03. The molecule has 0 bridgehead atoms. The van der Waals surface area contributed by atoms with Gasteiger partial charge < -0.3 is 14.6 Å². The highest BCUT2D eigenvalue weighted by atomic mass is 79.9. The lowest BCUT2D eigenvalue weighted by atomic mass is 9.99. The van der Waals surface area contributed by atoms with Gasteiger partial charge in [0, 0.05) is 19.2 Å². The zero-order chi connectivity index (χ0) is 15.5. The third-order valence-corrected chi connectivity index (χ3v) is 5.91. The Bertz CT molecular complexity index is 573. The van der Waals surface area contributed by atoms with E-state index in [1.165, 1.54) is 0 Å².